The van der Waals surface area contributed by atoms with Crippen molar-refractivity contribution in [3.05, 3.63) is 48.5 Å². The zero-order chi connectivity index (χ0) is 18.3. The van der Waals surface area contributed by atoms with Crippen LogP contribution in [-0.2, 0) is 13.0 Å². The van der Waals surface area contributed by atoms with E-state index in [1.54, 1.807) is 6.07 Å². The number of anilines is 1. The van der Waals surface area contributed by atoms with Gasteiger partial charge in [0.1, 0.15) is 4.88 Å². The minimum absolute atomic E-state index is 0.0244. The van der Waals surface area contributed by atoms with Crippen LogP contribution in [0.3, 0.4) is 0 Å². The van der Waals surface area contributed by atoms with Crippen molar-refractivity contribution in [3.63, 3.8) is 0 Å². The summed E-state index contributed by atoms with van der Waals surface area (Å²) in [6.45, 7) is 4.94. The Balaban J connectivity index is 1.49. The second-order valence-corrected chi connectivity index (χ2v) is 9.18. The lowest BCUT2D eigenvalue weighted by Crippen LogP contribution is -2.35. The molecular formula is C17H16N4O2S3. The summed E-state index contributed by atoms with van der Waals surface area (Å²) in [5, 5.41) is 6.22. The van der Waals surface area contributed by atoms with Crippen LogP contribution in [0, 0.1) is 13.8 Å². The average molecular weight is 405 g/mol. The van der Waals surface area contributed by atoms with E-state index in [0.717, 1.165) is 21.3 Å². The van der Waals surface area contributed by atoms with Crippen LogP contribution in [0.25, 0.3) is 0 Å². The second-order valence-electron chi connectivity index (χ2n) is 5.94. The molecule has 3 aromatic rings. The predicted octanol–water partition coefficient (Wildman–Crippen LogP) is 3.73. The van der Waals surface area contributed by atoms with Gasteiger partial charge in [0.15, 0.2) is 5.13 Å². The SMILES string of the molecule is Cc1nc(C)c(C(=O)N2CCc3nc(NC(=O)c4cccs4)sc3C2)s1. The highest BCUT2D eigenvalue weighted by Gasteiger charge is 2.27. The van der Waals surface area contributed by atoms with E-state index in [1.165, 1.54) is 34.0 Å². The van der Waals surface area contributed by atoms with E-state index in [1.807, 2.05) is 30.2 Å². The van der Waals surface area contributed by atoms with Gasteiger partial charge in [-0.15, -0.1) is 22.7 Å². The molecule has 9 heteroatoms. The first-order valence-electron chi connectivity index (χ1n) is 8.08. The third-order valence-corrected chi connectivity index (χ3v) is 7.01. The Morgan fingerprint density at radius 3 is 2.77 bits per heavy atom. The molecule has 6 nitrogen and oxygen atoms in total. The predicted molar refractivity (Wildman–Crippen MR) is 104 cm³/mol. The molecular weight excluding hydrogens is 388 g/mol. The molecule has 134 valence electrons. The van der Waals surface area contributed by atoms with E-state index in [9.17, 15) is 9.59 Å². The van der Waals surface area contributed by atoms with Gasteiger partial charge in [-0.2, -0.15) is 0 Å². The smallest absolute Gasteiger partial charge is 0.267 e. The number of carbonyl (C=O) groups excluding carboxylic acids is 2. The fourth-order valence-corrected chi connectivity index (χ4v) is 5.39. The summed E-state index contributed by atoms with van der Waals surface area (Å²) in [6, 6.07) is 3.63. The lowest BCUT2D eigenvalue weighted by atomic mass is 10.1. The number of hydrogen-bond acceptors (Lipinski definition) is 7. The van der Waals surface area contributed by atoms with Crippen LogP contribution in [0.5, 0.6) is 0 Å². The van der Waals surface area contributed by atoms with E-state index in [2.05, 4.69) is 15.3 Å². The van der Waals surface area contributed by atoms with Gasteiger partial charge in [0, 0.05) is 17.8 Å². The first-order chi connectivity index (χ1) is 12.5. The van der Waals surface area contributed by atoms with Crippen LogP contribution < -0.4 is 5.32 Å². The number of fused-ring (bicyclic) bond motifs is 1. The molecule has 0 aromatic carbocycles. The van der Waals surface area contributed by atoms with Gasteiger partial charge in [0.05, 0.1) is 27.8 Å². The van der Waals surface area contributed by atoms with Gasteiger partial charge in [-0.25, -0.2) is 9.97 Å². The fraction of sp³-hybridized carbons (Fsp3) is 0.294. The van der Waals surface area contributed by atoms with Gasteiger partial charge in [-0.3, -0.25) is 14.9 Å². The van der Waals surface area contributed by atoms with Crippen molar-refractivity contribution in [2.75, 3.05) is 11.9 Å². The number of aryl methyl sites for hydroxylation is 2. The lowest BCUT2D eigenvalue weighted by Gasteiger charge is -2.25. The number of aromatic nitrogens is 2. The number of thiophene rings is 1. The second kappa shape index (κ2) is 6.90. The molecule has 0 fully saturated rings. The molecule has 0 spiro atoms. The van der Waals surface area contributed by atoms with Crippen molar-refractivity contribution in [2.45, 2.75) is 26.8 Å². The maximum Gasteiger partial charge on any atom is 0.267 e. The molecule has 1 aliphatic heterocycles. The summed E-state index contributed by atoms with van der Waals surface area (Å²) in [7, 11) is 0. The van der Waals surface area contributed by atoms with Crippen LogP contribution in [0.15, 0.2) is 17.5 Å². The van der Waals surface area contributed by atoms with E-state index in [0.29, 0.717) is 34.4 Å². The van der Waals surface area contributed by atoms with E-state index in [4.69, 9.17) is 0 Å². The van der Waals surface area contributed by atoms with Gasteiger partial charge in [0.2, 0.25) is 0 Å². The number of thiazole rings is 2. The molecule has 0 atom stereocenters. The number of carbonyl (C=O) groups is 2. The molecule has 3 aromatic heterocycles. The normalized spacial score (nSPS) is 13.5. The molecule has 0 radical (unpaired) electrons. The highest BCUT2D eigenvalue weighted by molar-refractivity contribution is 7.16. The summed E-state index contributed by atoms with van der Waals surface area (Å²) < 4.78 is 0. The molecule has 0 aliphatic carbocycles. The number of amides is 2. The maximum atomic E-state index is 12.8. The van der Waals surface area contributed by atoms with E-state index >= 15 is 0 Å². The maximum absolute atomic E-state index is 12.8. The number of rotatable bonds is 3. The third-order valence-electron chi connectivity index (χ3n) is 4.08. The summed E-state index contributed by atoms with van der Waals surface area (Å²) >= 11 is 4.28. The Kier molecular flexibility index (Phi) is 4.60. The summed E-state index contributed by atoms with van der Waals surface area (Å²) in [6.07, 6.45) is 0.698. The van der Waals surface area contributed by atoms with Crippen LogP contribution in [0.4, 0.5) is 5.13 Å². The zero-order valence-corrected chi connectivity index (χ0v) is 16.7. The first kappa shape index (κ1) is 17.3. The van der Waals surface area contributed by atoms with Crippen molar-refractivity contribution in [2.24, 2.45) is 0 Å². The number of nitrogens with one attached hydrogen (secondary N) is 1. The molecule has 26 heavy (non-hydrogen) atoms. The Labute approximate surface area is 162 Å². The minimum Gasteiger partial charge on any atom is -0.332 e. The summed E-state index contributed by atoms with van der Waals surface area (Å²) in [4.78, 5) is 38.1. The van der Waals surface area contributed by atoms with Crippen molar-refractivity contribution in [3.8, 4) is 0 Å². The quantitative estimate of drug-likeness (QED) is 0.722. The molecule has 2 amide bonds. The Morgan fingerprint density at radius 1 is 1.23 bits per heavy atom. The van der Waals surface area contributed by atoms with Crippen LogP contribution in [0.1, 0.15) is 40.6 Å². The van der Waals surface area contributed by atoms with E-state index < -0.39 is 0 Å². The monoisotopic (exact) mass is 404 g/mol. The van der Waals surface area contributed by atoms with Gasteiger partial charge in [-0.1, -0.05) is 17.4 Å². The number of hydrogen-bond donors (Lipinski definition) is 1. The average Bonchev–Trinajstić information content (AvgIpc) is 3.32. The van der Waals surface area contributed by atoms with E-state index in [-0.39, 0.29) is 11.8 Å². The van der Waals surface area contributed by atoms with Crippen molar-refractivity contribution < 1.29 is 9.59 Å². The van der Waals surface area contributed by atoms with Gasteiger partial charge in [0.25, 0.3) is 11.8 Å². The summed E-state index contributed by atoms with van der Waals surface area (Å²) in [5.74, 6) is -0.119. The molecule has 1 N–H and O–H groups in total. The van der Waals surface area contributed by atoms with Crippen molar-refractivity contribution >= 4 is 51.0 Å². The molecule has 0 saturated heterocycles. The van der Waals surface area contributed by atoms with Gasteiger partial charge < -0.3 is 4.90 Å². The number of nitrogens with zero attached hydrogens (tertiary/aromatic N) is 3. The molecule has 4 rings (SSSR count). The Hall–Kier alpha value is -2.10. The topological polar surface area (TPSA) is 75.2 Å². The Morgan fingerprint density at radius 2 is 2.08 bits per heavy atom. The minimum atomic E-state index is -0.144. The van der Waals surface area contributed by atoms with Crippen molar-refractivity contribution in [1.82, 2.24) is 14.9 Å². The molecule has 0 bridgehead atoms. The lowest BCUT2D eigenvalue weighted by molar-refractivity contribution is 0.0740. The largest absolute Gasteiger partial charge is 0.332 e. The highest BCUT2D eigenvalue weighted by atomic mass is 32.1. The molecule has 4 heterocycles. The molecule has 1 aliphatic rings. The fourth-order valence-electron chi connectivity index (χ4n) is 2.86. The van der Waals surface area contributed by atoms with Crippen molar-refractivity contribution in [1.29, 1.82) is 0 Å². The van der Waals surface area contributed by atoms with Crippen LogP contribution in [0.2, 0.25) is 0 Å². The van der Waals surface area contributed by atoms with Crippen LogP contribution >= 0.6 is 34.0 Å². The van der Waals surface area contributed by atoms with Gasteiger partial charge in [-0.05, 0) is 25.3 Å². The molecule has 0 unspecified atom stereocenters. The third kappa shape index (κ3) is 3.29. The molecule has 0 saturated carbocycles. The zero-order valence-electron chi connectivity index (χ0n) is 14.2. The van der Waals surface area contributed by atoms with Gasteiger partial charge >= 0.3 is 0 Å². The first-order valence-corrected chi connectivity index (χ1v) is 10.6. The van der Waals surface area contributed by atoms with Crippen LogP contribution in [-0.4, -0.2) is 33.2 Å². The highest BCUT2D eigenvalue weighted by Crippen LogP contribution is 2.30. The Bertz CT molecular complexity index is 974. The standard InChI is InChI=1S/C17H16N4O2S3/c1-9-14(25-10(2)18-9)16(23)21-6-5-11-13(8-21)26-17(19-11)20-15(22)12-4-3-7-24-12/h3-4,7H,5-6,8H2,1-2H3,(H,19,20,22). The summed E-state index contributed by atoms with van der Waals surface area (Å²) in [5.41, 5.74) is 1.76.